The van der Waals surface area contributed by atoms with Crippen molar-refractivity contribution in [1.82, 2.24) is 0 Å². The largest absolute Gasteiger partial charge is 0.507 e. The third-order valence-corrected chi connectivity index (χ3v) is 5.49. The van der Waals surface area contributed by atoms with Gasteiger partial charge in [-0.05, 0) is 61.1 Å². The van der Waals surface area contributed by atoms with E-state index in [2.05, 4.69) is 57.7 Å². The summed E-state index contributed by atoms with van der Waals surface area (Å²) >= 11 is 0. The van der Waals surface area contributed by atoms with E-state index >= 15 is 0 Å². The normalized spacial score (nSPS) is 12.0. The van der Waals surface area contributed by atoms with Gasteiger partial charge >= 0.3 is 5.97 Å². The lowest BCUT2D eigenvalue weighted by Crippen LogP contribution is -2.28. The first-order chi connectivity index (χ1) is 15.1. The Morgan fingerprint density at radius 3 is 2.22 bits per heavy atom. The van der Waals surface area contributed by atoms with Gasteiger partial charge in [0.25, 0.3) is 0 Å². The fourth-order valence-electron chi connectivity index (χ4n) is 3.72. The van der Waals surface area contributed by atoms with Crippen molar-refractivity contribution in [3.63, 3.8) is 0 Å². The zero-order valence-electron chi connectivity index (χ0n) is 19.8. The van der Waals surface area contributed by atoms with E-state index in [1.54, 1.807) is 0 Å². The molecule has 0 amide bonds. The standard InChI is InChI=1S/C25H34N2O5/c1-7-16-12-17(13-20(25(4,5)6)23(16)27(8-2)9-3)21(26-31)15-32-18-10-11-19(24(29)30)22(28)14-18/h10-14,28,31H,7-9,15H2,1-6H3,(H,29,30)/b26-21+. The van der Waals surface area contributed by atoms with Crippen molar-refractivity contribution in [2.75, 3.05) is 24.6 Å². The Morgan fingerprint density at radius 1 is 1.09 bits per heavy atom. The lowest BCUT2D eigenvalue weighted by Gasteiger charge is -2.33. The molecule has 0 aliphatic carbocycles. The van der Waals surface area contributed by atoms with Gasteiger partial charge in [0, 0.05) is 30.4 Å². The number of aromatic hydroxyl groups is 1. The van der Waals surface area contributed by atoms with E-state index in [0.717, 1.165) is 25.1 Å². The van der Waals surface area contributed by atoms with Crippen LogP contribution in [0.15, 0.2) is 35.5 Å². The topological polar surface area (TPSA) is 103 Å². The number of ether oxygens (including phenoxy) is 1. The van der Waals surface area contributed by atoms with E-state index in [1.165, 1.54) is 35.0 Å². The molecule has 0 spiro atoms. The summed E-state index contributed by atoms with van der Waals surface area (Å²) in [5.74, 6) is -1.33. The van der Waals surface area contributed by atoms with E-state index in [9.17, 15) is 15.1 Å². The molecule has 2 aromatic carbocycles. The average molecular weight is 443 g/mol. The number of benzene rings is 2. The summed E-state index contributed by atoms with van der Waals surface area (Å²) in [5, 5.41) is 32.1. The van der Waals surface area contributed by atoms with Crippen LogP contribution in [0, 0.1) is 0 Å². The second-order valence-corrected chi connectivity index (χ2v) is 8.63. The molecule has 7 heteroatoms. The molecule has 0 radical (unpaired) electrons. The van der Waals surface area contributed by atoms with Gasteiger partial charge in [-0.15, -0.1) is 0 Å². The Labute approximate surface area is 189 Å². The fraction of sp³-hybridized carbons (Fsp3) is 0.440. The Balaban J connectivity index is 2.44. The molecule has 0 aliphatic rings. The van der Waals surface area contributed by atoms with Crippen LogP contribution < -0.4 is 9.64 Å². The zero-order valence-corrected chi connectivity index (χ0v) is 19.8. The van der Waals surface area contributed by atoms with Gasteiger partial charge in [-0.2, -0.15) is 0 Å². The van der Waals surface area contributed by atoms with Gasteiger partial charge in [-0.3, -0.25) is 0 Å². The number of nitrogens with zero attached hydrogens (tertiary/aromatic N) is 2. The molecule has 2 rings (SSSR count). The zero-order chi connectivity index (χ0) is 24.1. The predicted octanol–water partition coefficient (Wildman–Crippen LogP) is 5.05. The van der Waals surface area contributed by atoms with E-state index in [-0.39, 0.29) is 29.1 Å². The third-order valence-electron chi connectivity index (χ3n) is 5.49. The number of anilines is 1. The van der Waals surface area contributed by atoms with Crippen molar-refractivity contribution >= 4 is 17.4 Å². The number of rotatable bonds is 9. The van der Waals surface area contributed by atoms with Crippen molar-refractivity contribution in [1.29, 1.82) is 0 Å². The average Bonchev–Trinajstić information content (AvgIpc) is 2.74. The molecular formula is C25H34N2O5. The number of hydrogen-bond donors (Lipinski definition) is 3. The van der Waals surface area contributed by atoms with Crippen molar-refractivity contribution in [3.8, 4) is 11.5 Å². The minimum atomic E-state index is -1.22. The first-order valence-electron chi connectivity index (χ1n) is 10.9. The maximum Gasteiger partial charge on any atom is 0.339 e. The van der Waals surface area contributed by atoms with Gasteiger partial charge in [0.05, 0.1) is 0 Å². The highest BCUT2D eigenvalue weighted by molar-refractivity contribution is 6.02. The van der Waals surface area contributed by atoms with Gasteiger partial charge < -0.3 is 25.1 Å². The number of carboxylic acid groups (broad SMARTS) is 1. The van der Waals surface area contributed by atoms with Gasteiger partial charge in [0.15, 0.2) is 0 Å². The molecule has 0 atom stereocenters. The van der Waals surface area contributed by atoms with Crippen LogP contribution in [0.1, 0.15) is 68.6 Å². The summed E-state index contributed by atoms with van der Waals surface area (Å²) in [6, 6.07) is 8.05. The van der Waals surface area contributed by atoms with Crippen LogP contribution in [0.2, 0.25) is 0 Å². The van der Waals surface area contributed by atoms with Gasteiger partial charge in [0.1, 0.15) is 29.4 Å². The number of hydrogen-bond acceptors (Lipinski definition) is 6. The molecule has 32 heavy (non-hydrogen) atoms. The number of oxime groups is 1. The van der Waals surface area contributed by atoms with E-state index in [0.29, 0.717) is 5.71 Å². The molecule has 0 saturated heterocycles. The Hall–Kier alpha value is -3.22. The first kappa shape index (κ1) is 25.0. The molecule has 0 bridgehead atoms. The minimum Gasteiger partial charge on any atom is -0.507 e. The summed E-state index contributed by atoms with van der Waals surface area (Å²) in [6.45, 7) is 14.6. The lowest BCUT2D eigenvalue weighted by atomic mass is 9.82. The van der Waals surface area contributed by atoms with Crippen molar-refractivity contribution < 1.29 is 25.0 Å². The van der Waals surface area contributed by atoms with Crippen LogP contribution in [0.25, 0.3) is 0 Å². The maximum absolute atomic E-state index is 11.1. The molecule has 0 saturated carbocycles. The molecular weight excluding hydrogens is 408 g/mol. The number of aromatic carboxylic acids is 1. The molecule has 0 aromatic heterocycles. The maximum atomic E-state index is 11.1. The van der Waals surface area contributed by atoms with Crippen LogP contribution >= 0.6 is 0 Å². The summed E-state index contributed by atoms with van der Waals surface area (Å²) in [7, 11) is 0. The van der Waals surface area contributed by atoms with Crippen molar-refractivity contribution in [3.05, 3.63) is 52.6 Å². The fourth-order valence-corrected chi connectivity index (χ4v) is 3.72. The Kier molecular flexibility index (Phi) is 8.14. The highest BCUT2D eigenvalue weighted by atomic mass is 16.5. The van der Waals surface area contributed by atoms with E-state index in [4.69, 9.17) is 9.84 Å². The second kappa shape index (κ2) is 10.4. The molecule has 7 nitrogen and oxygen atoms in total. The molecule has 0 unspecified atom stereocenters. The summed E-state index contributed by atoms with van der Waals surface area (Å²) in [5.41, 5.74) is 4.33. The highest BCUT2D eigenvalue weighted by Gasteiger charge is 2.25. The third kappa shape index (κ3) is 5.52. The molecule has 0 fully saturated rings. The number of phenols is 1. The van der Waals surface area contributed by atoms with E-state index < -0.39 is 5.97 Å². The predicted molar refractivity (Wildman–Crippen MR) is 127 cm³/mol. The summed E-state index contributed by atoms with van der Waals surface area (Å²) in [4.78, 5) is 13.4. The van der Waals surface area contributed by atoms with Gasteiger partial charge in [-0.1, -0.05) is 32.9 Å². The molecule has 3 N–H and O–H groups in total. The van der Waals surface area contributed by atoms with Gasteiger partial charge in [0.2, 0.25) is 0 Å². The lowest BCUT2D eigenvalue weighted by molar-refractivity contribution is 0.0693. The highest BCUT2D eigenvalue weighted by Crippen LogP contribution is 2.37. The van der Waals surface area contributed by atoms with E-state index in [1.807, 2.05) is 6.07 Å². The monoisotopic (exact) mass is 442 g/mol. The van der Waals surface area contributed by atoms with Crippen LogP contribution in [-0.2, 0) is 11.8 Å². The summed E-state index contributed by atoms with van der Waals surface area (Å²) < 4.78 is 5.69. The molecule has 174 valence electrons. The van der Waals surface area contributed by atoms with Crippen LogP contribution in [-0.4, -0.2) is 46.8 Å². The Bertz CT molecular complexity index is 989. The van der Waals surface area contributed by atoms with Gasteiger partial charge in [-0.25, -0.2) is 4.79 Å². The van der Waals surface area contributed by atoms with Crippen LogP contribution in [0.5, 0.6) is 11.5 Å². The van der Waals surface area contributed by atoms with Crippen molar-refractivity contribution in [2.24, 2.45) is 5.16 Å². The van der Waals surface area contributed by atoms with Crippen molar-refractivity contribution in [2.45, 2.75) is 53.4 Å². The van der Waals surface area contributed by atoms with Crippen LogP contribution in [0.4, 0.5) is 5.69 Å². The number of aryl methyl sites for hydroxylation is 1. The summed E-state index contributed by atoms with van der Waals surface area (Å²) in [6.07, 6.45) is 0.826. The minimum absolute atomic E-state index is 0.0420. The quantitative estimate of drug-likeness (QED) is 0.285. The number of carboxylic acids is 1. The second-order valence-electron chi connectivity index (χ2n) is 8.63. The molecule has 0 aliphatic heterocycles. The molecule has 0 heterocycles. The smallest absolute Gasteiger partial charge is 0.339 e. The molecule has 2 aromatic rings. The van der Waals surface area contributed by atoms with Crippen LogP contribution in [0.3, 0.4) is 0 Å². The Morgan fingerprint density at radius 2 is 1.75 bits per heavy atom. The number of carbonyl (C=O) groups is 1. The first-order valence-corrected chi connectivity index (χ1v) is 10.9. The SMILES string of the molecule is CCc1cc(/C(COc2ccc(C(=O)O)c(O)c2)=N/O)cc(C(C)(C)C)c1N(CC)CC.